The predicted molar refractivity (Wildman–Crippen MR) is 102 cm³/mol. The smallest absolute Gasteiger partial charge is 0.225 e. The van der Waals surface area contributed by atoms with Crippen molar-refractivity contribution < 1.29 is 4.79 Å². The van der Waals surface area contributed by atoms with Gasteiger partial charge in [0, 0.05) is 43.2 Å². The molecule has 1 amide bonds. The van der Waals surface area contributed by atoms with Gasteiger partial charge >= 0.3 is 0 Å². The standard InChI is InChI=1S/C21H29N3O/c1-4-17-14-24(21(25)15(2)3)11-9-20(17)23-13-16-7-8-19-18(12-16)6-5-10-22-19/h5-8,10,12,15,17,20,23H,4,9,11,13-14H2,1-3H3/t17-,20+/m0/s1. The molecule has 2 heterocycles. The zero-order valence-electron chi connectivity index (χ0n) is 15.5. The molecule has 134 valence electrons. The van der Waals surface area contributed by atoms with Crippen LogP contribution in [0.15, 0.2) is 36.5 Å². The number of hydrogen-bond donors (Lipinski definition) is 1. The van der Waals surface area contributed by atoms with Gasteiger partial charge in [0.15, 0.2) is 0 Å². The lowest BCUT2D eigenvalue weighted by Crippen LogP contribution is -2.51. The summed E-state index contributed by atoms with van der Waals surface area (Å²) in [5.74, 6) is 0.908. The Bertz CT molecular complexity index is 728. The van der Waals surface area contributed by atoms with E-state index in [1.165, 1.54) is 10.9 Å². The average molecular weight is 339 g/mol. The molecule has 1 aliphatic heterocycles. The fraction of sp³-hybridized carbons (Fsp3) is 0.524. The number of hydrogen-bond acceptors (Lipinski definition) is 3. The monoisotopic (exact) mass is 339 g/mol. The number of carbonyl (C=O) groups excluding carboxylic acids is 1. The highest BCUT2D eigenvalue weighted by atomic mass is 16.2. The Kier molecular flexibility index (Phi) is 5.69. The summed E-state index contributed by atoms with van der Waals surface area (Å²) in [5, 5.41) is 4.92. The van der Waals surface area contributed by atoms with Crippen LogP contribution in [0.25, 0.3) is 10.9 Å². The number of fused-ring (bicyclic) bond motifs is 1. The highest BCUT2D eigenvalue weighted by Gasteiger charge is 2.30. The number of aromatic nitrogens is 1. The fourth-order valence-electron chi connectivity index (χ4n) is 3.76. The molecule has 3 rings (SSSR count). The third-order valence-corrected chi connectivity index (χ3v) is 5.30. The van der Waals surface area contributed by atoms with Crippen LogP contribution in [-0.4, -0.2) is 34.9 Å². The Morgan fingerprint density at radius 2 is 2.20 bits per heavy atom. The van der Waals surface area contributed by atoms with E-state index in [0.29, 0.717) is 17.9 Å². The molecule has 4 nitrogen and oxygen atoms in total. The van der Waals surface area contributed by atoms with Crippen molar-refractivity contribution in [1.82, 2.24) is 15.2 Å². The summed E-state index contributed by atoms with van der Waals surface area (Å²) in [5.41, 5.74) is 2.33. The van der Waals surface area contributed by atoms with Gasteiger partial charge in [-0.05, 0) is 36.1 Å². The second-order valence-corrected chi connectivity index (χ2v) is 7.41. The summed E-state index contributed by atoms with van der Waals surface area (Å²) in [6.45, 7) is 8.82. The van der Waals surface area contributed by atoms with E-state index < -0.39 is 0 Å². The average Bonchev–Trinajstić information content (AvgIpc) is 2.65. The molecule has 0 radical (unpaired) electrons. The third kappa shape index (κ3) is 4.18. The first kappa shape index (κ1) is 17.9. The minimum absolute atomic E-state index is 0.0909. The Morgan fingerprint density at radius 3 is 2.96 bits per heavy atom. The zero-order chi connectivity index (χ0) is 17.8. The highest BCUT2D eigenvalue weighted by Crippen LogP contribution is 2.22. The minimum Gasteiger partial charge on any atom is -0.342 e. The number of rotatable bonds is 5. The number of nitrogens with zero attached hydrogens (tertiary/aromatic N) is 2. The summed E-state index contributed by atoms with van der Waals surface area (Å²) in [7, 11) is 0. The topological polar surface area (TPSA) is 45.2 Å². The Hall–Kier alpha value is -1.94. The van der Waals surface area contributed by atoms with Crippen molar-refractivity contribution in [2.75, 3.05) is 13.1 Å². The van der Waals surface area contributed by atoms with Gasteiger partial charge in [-0.2, -0.15) is 0 Å². The van der Waals surface area contributed by atoms with Crippen molar-refractivity contribution in [2.45, 2.75) is 46.2 Å². The van der Waals surface area contributed by atoms with Crippen LogP contribution >= 0.6 is 0 Å². The molecule has 0 aliphatic carbocycles. The van der Waals surface area contributed by atoms with Crippen molar-refractivity contribution in [3.63, 3.8) is 0 Å². The molecule has 4 heteroatoms. The van der Waals surface area contributed by atoms with E-state index >= 15 is 0 Å². The third-order valence-electron chi connectivity index (χ3n) is 5.30. The Morgan fingerprint density at radius 1 is 1.36 bits per heavy atom. The first-order chi connectivity index (χ1) is 12.1. The Labute approximate surface area is 150 Å². The van der Waals surface area contributed by atoms with Gasteiger partial charge in [-0.15, -0.1) is 0 Å². The number of amides is 1. The summed E-state index contributed by atoms with van der Waals surface area (Å²) >= 11 is 0. The second kappa shape index (κ2) is 7.96. The van der Waals surface area contributed by atoms with Crippen molar-refractivity contribution in [3.8, 4) is 0 Å². The van der Waals surface area contributed by atoms with E-state index in [2.05, 4.69) is 46.4 Å². The largest absolute Gasteiger partial charge is 0.342 e. The van der Waals surface area contributed by atoms with Gasteiger partial charge in [-0.3, -0.25) is 9.78 Å². The molecule has 0 bridgehead atoms. The van der Waals surface area contributed by atoms with Gasteiger partial charge in [0.2, 0.25) is 5.91 Å². The molecule has 2 atom stereocenters. The summed E-state index contributed by atoms with van der Waals surface area (Å²) < 4.78 is 0. The van der Waals surface area contributed by atoms with Gasteiger partial charge in [0.1, 0.15) is 0 Å². The summed E-state index contributed by atoms with van der Waals surface area (Å²) in [6, 6.07) is 11.0. The molecule has 1 fully saturated rings. The molecule has 1 N–H and O–H groups in total. The van der Waals surface area contributed by atoms with Crippen LogP contribution in [0.5, 0.6) is 0 Å². The number of likely N-dealkylation sites (tertiary alicyclic amines) is 1. The molecular formula is C21H29N3O. The predicted octanol–water partition coefficient (Wildman–Crippen LogP) is 3.61. The second-order valence-electron chi connectivity index (χ2n) is 7.41. The zero-order valence-corrected chi connectivity index (χ0v) is 15.5. The maximum absolute atomic E-state index is 12.3. The number of carbonyl (C=O) groups is 1. The fourth-order valence-corrected chi connectivity index (χ4v) is 3.76. The van der Waals surface area contributed by atoms with Crippen molar-refractivity contribution in [1.29, 1.82) is 0 Å². The first-order valence-corrected chi connectivity index (χ1v) is 9.44. The van der Waals surface area contributed by atoms with Gasteiger partial charge in [0.05, 0.1) is 5.52 Å². The molecule has 0 unspecified atom stereocenters. The van der Waals surface area contributed by atoms with Crippen LogP contribution in [0, 0.1) is 11.8 Å². The summed E-state index contributed by atoms with van der Waals surface area (Å²) in [4.78, 5) is 18.7. The van der Waals surface area contributed by atoms with E-state index in [0.717, 1.165) is 38.0 Å². The molecule has 1 aromatic carbocycles. The molecule has 25 heavy (non-hydrogen) atoms. The quantitative estimate of drug-likeness (QED) is 0.905. The minimum atomic E-state index is 0.0909. The first-order valence-electron chi connectivity index (χ1n) is 9.44. The van der Waals surface area contributed by atoms with E-state index in [4.69, 9.17) is 0 Å². The molecule has 0 saturated carbocycles. The van der Waals surface area contributed by atoms with Crippen LogP contribution in [0.2, 0.25) is 0 Å². The van der Waals surface area contributed by atoms with Gasteiger partial charge in [-0.25, -0.2) is 0 Å². The number of benzene rings is 1. The van der Waals surface area contributed by atoms with E-state index in [-0.39, 0.29) is 5.92 Å². The van der Waals surface area contributed by atoms with E-state index in [1.54, 1.807) is 0 Å². The SMILES string of the molecule is CC[C@H]1CN(C(=O)C(C)C)CC[C@H]1NCc1ccc2ncccc2c1. The van der Waals surface area contributed by atoms with Crippen LogP contribution in [0.3, 0.4) is 0 Å². The number of piperidine rings is 1. The molecule has 2 aromatic rings. The van der Waals surface area contributed by atoms with Crippen LogP contribution in [0.1, 0.15) is 39.2 Å². The van der Waals surface area contributed by atoms with Crippen molar-refractivity contribution in [2.24, 2.45) is 11.8 Å². The maximum Gasteiger partial charge on any atom is 0.225 e. The maximum atomic E-state index is 12.3. The van der Waals surface area contributed by atoms with Crippen LogP contribution in [-0.2, 0) is 11.3 Å². The lowest BCUT2D eigenvalue weighted by Gasteiger charge is -2.39. The number of pyridine rings is 1. The highest BCUT2D eigenvalue weighted by molar-refractivity contribution is 5.79. The molecule has 0 spiro atoms. The molecule has 1 aromatic heterocycles. The van der Waals surface area contributed by atoms with Crippen LogP contribution < -0.4 is 5.32 Å². The summed E-state index contributed by atoms with van der Waals surface area (Å²) in [6.07, 6.45) is 3.96. The van der Waals surface area contributed by atoms with E-state index in [9.17, 15) is 4.79 Å². The molecule has 1 saturated heterocycles. The van der Waals surface area contributed by atoms with Gasteiger partial charge < -0.3 is 10.2 Å². The molecular weight excluding hydrogens is 310 g/mol. The van der Waals surface area contributed by atoms with Crippen molar-refractivity contribution in [3.05, 3.63) is 42.1 Å². The van der Waals surface area contributed by atoms with Gasteiger partial charge in [-0.1, -0.05) is 39.3 Å². The number of nitrogens with one attached hydrogen (secondary N) is 1. The molecule has 1 aliphatic rings. The van der Waals surface area contributed by atoms with Crippen molar-refractivity contribution >= 4 is 16.8 Å². The Balaban J connectivity index is 1.61. The lowest BCUT2D eigenvalue weighted by molar-refractivity contribution is -0.136. The van der Waals surface area contributed by atoms with E-state index in [1.807, 2.05) is 26.1 Å². The lowest BCUT2D eigenvalue weighted by atomic mass is 9.89. The normalized spacial score (nSPS) is 21.0. The van der Waals surface area contributed by atoms with Gasteiger partial charge in [0.25, 0.3) is 0 Å². The van der Waals surface area contributed by atoms with Crippen LogP contribution in [0.4, 0.5) is 0 Å².